The summed E-state index contributed by atoms with van der Waals surface area (Å²) in [5, 5.41) is 5.35. The predicted molar refractivity (Wildman–Crippen MR) is 130 cm³/mol. The fraction of sp³-hybridized carbons (Fsp3) is 0.0952. The fourth-order valence-electron chi connectivity index (χ4n) is 3.03. The molecule has 0 atom stereocenters. The molecule has 0 bridgehead atoms. The van der Waals surface area contributed by atoms with Crippen molar-refractivity contribution in [3.63, 3.8) is 0 Å². The minimum absolute atomic E-state index is 0.0944. The molecule has 0 aliphatic heterocycles. The number of rotatable bonds is 4. The Morgan fingerprint density at radius 2 is 2.00 bits per heavy atom. The molecule has 146 valence electrons. The third kappa shape index (κ3) is 4.29. The molecule has 0 fully saturated rings. The largest absolute Gasteiger partial charge is 0.324 e. The van der Waals surface area contributed by atoms with Crippen molar-refractivity contribution in [2.24, 2.45) is 0 Å². The van der Waals surface area contributed by atoms with Gasteiger partial charge in [-0.3, -0.25) is 14.2 Å². The molecule has 4 aromatic rings. The van der Waals surface area contributed by atoms with E-state index in [1.54, 1.807) is 0 Å². The monoisotopic (exact) mass is 579 g/mol. The van der Waals surface area contributed by atoms with Gasteiger partial charge in [-0.15, -0.1) is 11.3 Å². The fourth-order valence-corrected chi connectivity index (χ4v) is 4.85. The second-order valence-electron chi connectivity index (χ2n) is 6.52. The van der Waals surface area contributed by atoms with Crippen LogP contribution in [0.2, 0.25) is 0 Å². The van der Waals surface area contributed by atoms with E-state index in [9.17, 15) is 9.59 Å². The Bertz CT molecular complexity index is 1280. The summed E-state index contributed by atoms with van der Waals surface area (Å²) in [4.78, 5) is 30.7. The van der Waals surface area contributed by atoms with Gasteiger partial charge >= 0.3 is 0 Å². The number of amides is 1. The highest BCUT2D eigenvalue weighted by Gasteiger charge is 2.15. The lowest BCUT2D eigenvalue weighted by atomic mass is 10.1. The number of halogens is 2. The summed E-state index contributed by atoms with van der Waals surface area (Å²) in [5.41, 5.74) is 3.27. The minimum atomic E-state index is -0.266. The van der Waals surface area contributed by atoms with E-state index in [1.807, 2.05) is 54.8 Å². The molecule has 0 aliphatic rings. The molecule has 2 aromatic carbocycles. The van der Waals surface area contributed by atoms with Gasteiger partial charge < -0.3 is 5.32 Å². The highest BCUT2D eigenvalue weighted by molar-refractivity contribution is 14.1. The summed E-state index contributed by atoms with van der Waals surface area (Å²) in [6, 6.07) is 13.6. The van der Waals surface area contributed by atoms with Crippen molar-refractivity contribution < 1.29 is 4.79 Å². The minimum Gasteiger partial charge on any atom is -0.324 e. The number of benzene rings is 2. The number of nitrogens with zero attached hydrogens (tertiary/aromatic N) is 2. The summed E-state index contributed by atoms with van der Waals surface area (Å²) in [5.74, 6) is -0.266. The number of thiophene rings is 1. The zero-order valence-electron chi connectivity index (χ0n) is 15.3. The molecule has 4 rings (SSSR count). The lowest BCUT2D eigenvalue weighted by Gasteiger charge is -2.10. The van der Waals surface area contributed by atoms with Gasteiger partial charge in [-0.05, 0) is 71.0 Å². The first-order valence-electron chi connectivity index (χ1n) is 8.71. The molecule has 0 saturated carbocycles. The maximum Gasteiger partial charge on any atom is 0.263 e. The molecular weight excluding hydrogens is 565 g/mol. The number of carbonyl (C=O) groups is 1. The Morgan fingerprint density at radius 3 is 2.72 bits per heavy atom. The van der Waals surface area contributed by atoms with E-state index >= 15 is 0 Å². The van der Waals surface area contributed by atoms with Crippen molar-refractivity contribution >= 4 is 71.7 Å². The van der Waals surface area contributed by atoms with Crippen molar-refractivity contribution in [3.8, 4) is 11.1 Å². The average Bonchev–Trinajstić information content (AvgIpc) is 3.12. The number of carbonyl (C=O) groups excluding carboxylic acids is 1. The number of aryl methyl sites for hydroxylation is 1. The SMILES string of the molecule is Cc1cc(I)ccc1NC(=O)Cn1cnc2scc(-c3ccc(Br)cc3)c2c1=O. The van der Waals surface area contributed by atoms with Crippen molar-refractivity contribution in [2.45, 2.75) is 13.5 Å². The second-order valence-corrected chi connectivity index (χ2v) is 9.54. The van der Waals surface area contributed by atoms with E-state index in [2.05, 4.69) is 48.8 Å². The van der Waals surface area contributed by atoms with Crippen LogP contribution >= 0.6 is 49.9 Å². The lowest BCUT2D eigenvalue weighted by molar-refractivity contribution is -0.116. The first kappa shape index (κ1) is 20.2. The van der Waals surface area contributed by atoms with Crippen molar-refractivity contribution in [1.82, 2.24) is 9.55 Å². The Balaban J connectivity index is 1.65. The van der Waals surface area contributed by atoms with Crippen molar-refractivity contribution in [1.29, 1.82) is 0 Å². The Morgan fingerprint density at radius 1 is 1.24 bits per heavy atom. The molecule has 1 N–H and O–H groups in total. The first-order chi connectivity index (χ1) is 13.9. The maximum atomic E-state index is 13.1. The van der Waals surface area contributed by atoms with E-state index in [0.717, 1.165) is 30.4 Å². The molecule has 0 spiro atoms. The lowest BCUT2D eigenvalue weighted by Crippen LogP contribution is -2.28. The average molecular weight is 580 g/mol. The molecule has 1 amide bonds. The van der Waals surface area contributed by atoms with Gasteiger partial charge in [0.1, 0.15) is 11.4 Å². The number of fused-ring (bicyclic) bond motifs is 1. The molecule has 5 nitrogen and oxygen atoms in total. The van der Waals surface area contributed by atoms with Crippen LogP contribution in [0.25, 0.3) is 21.3 Å². The zero-order valence-corrected chi connectivity index (χ0v) is 19.8. The first-order valence-corrected chi connectivity index (χ1v) is 11.5. The van der Waals surface area contributed by atoms with Gasteiger partial charge in [-0.2, -0.15) is 0 Å². The van der Waals surface area contributed by atoms with Gasteiger partial charge in [0.25, 0.3) is 5.56 Å². The molecule has 0 aliphatic carbocycles. The number of anilines is 1. The van der Waals surface area contributed by atoms with Crippen LogP contribution < -0.4 is 10.9 Å². The Hall–Kier alpha value is -2.04. The van der Waals surface area contributed by atoms with E-state index in [1.165, 1.54) is 22.2 Å². The Labute approximate surface area is 193 Å². The van der Waals surface area contributed by atoms with Gasteiger partial charge in [0, 0.05) is 24.7 Å². The highest BCUT2D eigenvalue weighted by atomic mass is 127. The molecule has 0 saturated heterocycles. The van der Waals surface area contributed by atoms with Gasteiger partial charge in [-0.25, -0.2) is 4.98 Å². The maximum absolute atomic E-state index is 13.1. The summed E-state index contributed by atoms with van der Waals surface area (Å²) < 4.78 is 3.43. The predicted octanol–water partition coefficient (Wildman–Crippen LogP) is 5.44. The topological polar surface area (TPSA) is 64.0 Å². The molecule has 8 heteroatoms. The van der Waals surface area contributed by atoms with Crippen molar-refractivity contribution in [3.05, 3.63) is 78.1 Å². The summed E-state index contributed by atoms with van der Waals surface area (Å²) in [6.07, 6.45) is 1.44. The van der Waals surface area contributed by atoms with Crippen LogP contribution in [0.15, 0.2) is 63.4 Å². The number of hydrogen-bond acceptors (Lipinski definition) is 4. The molecule has 0 radical (unpaired) electrons. The molecule has 2 aromatic heterocycles. The van der Waals surface area contributed by atoms with Gasteiger partial charge in [0.2, 0.25) is 5.91 Å². The second kappa shape index (κ2) is 8.37. The number of aromatic nitrogens is 2. The summed E-state index contributed by atoms with van der Waals surface area (Å²) in [7, 11) is 0. The van der Waals surface area contributed by atoms with Crippen LogP contribution in [0.5, 0.6) is 0 Å². The van der Waals surface area contributed by atoms with Crippen LogP contribution in [0.3, 0.4) is 0 Å². The summed E-state index contributed by atoms with van der Waals surface area (Å²) >= 11 is 7.08. The van der Waals surface area contributed by atoms with Crippen LogP contribution in [0.1, 0.15) is 5.56 Å². The van der Waals surface area contributed by atoms with E-state index in [-0.39, 0.29) is 18.0 Å². The quantitative estimate of drug-likeness (QED) is 0.328. The molecule has 0 unspecified atom stereocenters. The highest BCUT2D eigenvalue weighted by Crippen LogP contribution is 2.31. The normalized spacial score (nSPS) is 11.0. The number of nitrogens with one attached hydrogen (secondary N) is 1. The Kier molecular flexibility index (Phi) is 5.84. The van der Waals surface area contributed by atoms with E-state index in [0.29, 0.717) is 10.2 Å². The zero-order chi connectivity index (χ0) is 20.5. The molecular formula is C21H15BrIN3O2S. The molecule has 29 heavy (non-hydrogen) atoms. The van der Waals surface area contributed by atoms with E-state index < -0.39 is 0 Å². The van der Waals surface area contributed by atoms with Crippen LogP contribution in [0, 0.1) is 10.5 Å². The van der Waals surface area contributed by atoms with Crippen LogP contribution in [-0.4, -0.2) is 15.5 Å². The number of hydrogen-bond donors (Lipinski definition) is 1. The summed E-state index contributed by atoms with van der Waals surface area (Å²) in [6.45, 7) is 1.84. The third-order valence-electron chi connectivity index (χ3n) is 4.49. The van der Waals surface area contributed by atoms with Gasteiger partial charge in [0.05, 0.1) is 11.7 Å². The van der Waals surface area contributed by atoms with Gasteiger partial charge in [0.15, 0.2) is 0 Å². The molecule has 2 heterocycles. The van der Waals surface area contributed by atoms with Crippen LogP contribution in [0.4, 0.5) is 5.69 Å². The van der Waals surface area contributed by atoms with Gasteiger partial charge in [-0.1, -0.05) is 28.1 Å². The van der Waals surface area contributed by atoms with Crippen LogP contribution in [-0.2, 0) is 11.3 Å². The van der Waals surface area contributed by atoms with E-state index in [4.69, 9.17) is 0 Å². The third-order valence-corrected chi connectivity index (χ3v) is 6.58. The standard InChI is InChI=1S/C21H15BrIN3O2S/c1-12-8-15(23)6-7-17(12)25-18(27)9-26-11-24-20-19(21(26)28)16(10-29-20)13-2-4-14(22)5-3-13/h2-8,10-11H,9H2,1H3,(H,25,27). The smallest absolute Gasteiger partial charge is 0.263 e. The van der Waals surface area contributed by atoms with Crippen molar-refractivity contribution in [2.75, 3.05) is 5.32 Å².